The monoisotopic (exact) mass is 1360 g/mol. The fourth-order valence-electron chi connectivity index (χ4n) is 9.37. The number of hydrogen-bond donors (Lipinski definition) is 11. The molecular weight excluding hydrogens is 1260 g/mol. The van der Waals surface area contributed by atoms with Gasteiger partial charge in [-0.05, 0) is 192 Å². The smallest absolute Gasteiger partial charge is 0.264 e. The summed E-state index contributed by atoms with van der Waals surface area (Å²) in [5.74, 6) is 3.27. The van der Waals surface area contributed by atoms with Gasteiger partial charge in [-0.15, -0.1) is 0 Å². The number of ether oxygens (including phenoxy) is 3. The molecular formula is C67H106ClN8O11S4+. The van der Waals surface area contributed by atoms with Crippen LogP contribution in [0.5, 0.6) is 11.5 Å². The lowest BCUT2D eigenvalue weighted by molar-refractivity contribution is -0.438. The number of fused-ring (bicyclic) bond motifs is 2. The van der Waals surface area contributed by atoms with Crippen molar-refractivity contribution in [3.63, 3.8) is 0 Å². The van der Waals surface area contributed by atoms with Crippen LogP contribution < -0.4 is 36.9 Å². The number of aliphatic hydroxyl groups excluding tert-OH is 1. The third-order valence-corrected chi connectivity index (χ3v) is 16.8. The van der Waals surface area contributed by atoms with Crippen LogP contribution in [0.15, 0.2) is 125 Å². The Morgan fingerprint density at radius 2 is 1.44 bits per heavy atom. The average molecular weight is 1360 g/mol. The van der Waals surface area contributed by atoms with E-state index in [4.69, 9.17) is 57.8 Å². The standard InChI is InChI=1S/C34H41NO5S3.C17H18ClN3O.C6H16N2.C4H11NO3S.C4H10O.CH5N.CH4O/c1-33(2)28-24-26(43-39)16-18-30(28)40-32(33)14-8-6-7-13-31-34(3,19-9-4-5-11-21-36)27-23-25(42-38)15-17-29(27)35(31)20-10-12-22-41-37;1-11(19)21(2)16-9-8-14(22-3)10-15(16)17(20)12-4-6-13(18)7-5-12;1-8-6-4-2-3-5-7;5-3-1-2-4-9(6,7)8;1-3-4-5-2;2*1-2/h6-8,13-18,21,23-24H,4-5,9-12,19-20,22H2,1-3H3,(H2-,37,38,39);4-10,19-20H,1-3H3;8H,2-7H2,1H3;1-5H2,(H,6,7,8);3-4H2,1-2H3;2H2,1H3;2H,1H3/p+1/b8-6+,13-7+,32-14-;;;;;;. The van der Waals surface area contributed by atoms with E-state index in [1.165, 1.54) is 37.6 Å². The first kappa shape index (κ1) is 86.1. The molecule has 2 aliphatic heterocycles. The van der Waals surface area contributed by atoms with Gasteiger partial charge in [-0.2, -0.15) is 13.0 Å². The highest BCUT2D eigenvalue weighted by Crippen LogP contribution is 2.47. The SMILES string of the molecule is CC1(CCCCCC=O)C(/C=C/C=C/C=C2\Oc3ccc(SO)cc3C2(C)C)=[N+](CCCCSO)c2ccc(SO)cc21.CCCOC.CN.CNCCCCCN.CO.COc1ccc(N(C)C(C)=N)c(C(=N)c2ccc(Cl)cc2)c1.NCCCCS(=O)(=O)O. The number of allylic oxidation sites excluding steroid dienone is 6. The Kier molecular flexibility index (Phi) is 46.9. The van der Waals surface area contributed by atoms with Crippen LogP contribution in [0.25, 0.3) is 0 Å². The van der Waals surface area contributed by atoms with E-state index in [-0.39, 0.29) is 16.6 Å². The zero-order chi connectivity index (χ0) is 68.8. The van der Waals surface area contributed by atoms with Crippen molar-refractivity contribution in [3.05, 3.63) is 142 Å². The Hall–Kier alpha value is -4.93. The predicted octanol–water partition coefficient (Wildman–Crippen LogP) is 14.0. The molecule has 0 saturated heterocycles. The molecule has 4 aromatic carbocycles. The predicted molar refractivity (Wildman–Crippen MR) is 385 cm³/mol. The summed E-state index contributed by atoms with van der Waals surface area (Å²) in [6.45, 7) is 14.5. The Morgan fingerprint density at radius 3 is 1.99 bits per heavy atom. The third-order valence-electron chi connectivity index (χ3n) is 14.3. The Labute approximate surface area is 562 Å². The number of unbranched alkanes of at least 4 members (excludes halogenated alkanes) is 7. The zero-order valence-electron chi connectivity index (χ0n) is 55.4. The highest BCUT2D eigenvalue weighted by molar-refractivity contribution is 7.94. The van der Waals surface area contributed by atoms with E-state index in [1.807, 2.05) is 86.9 Å². The first-order chi connectivity index (χ1) is 43.6. The summed E-state index contributed by atoms with van der Waals surface area (Å²) >= 11 is 8.31. The number of nitrogens with two attached hydrogens (primary N) is 3. The highest BCUT2D eigenvalue weighted by Gasteiger charge is 2.47. The third kappa shape index (κ3) is 31.2. The van der Waals surface area contributed by atoms with E-state index >= 15 is 0 Å². The quantitative estimate of drug-likeness (QED) is 0.00326. The fourth-order valence-corrected chi connectivity index (χ4v) is 11.0. The maximum absolute atomic E-state index is 10.8. The molecule has 24 heteroatoms. The first-order valence-electron chi connectivity index (χ1n) is 30.5. The molecule has 510 valence electrons. The lowest BCUT2D eigenvalue weighted by Gasteiger charge is -2.22. The number of nitrogens with zero attached hydrogens (tertiary/aromatic N) is 2. The van der Waals surface area contributed by atoms with Crippen molar-refractivity contribution in [2.24, 2.45) is 17.2 Å². The zero-order valence-corrected chi connectivity index (χ0v) is 59.5. The molecule has 0 aromatic heterocycles. The van der Waals surface area contributed by atoms with Crippen molar-refractivity contribution in [3.8, 4) is 11.5 Å². The Bertz CT molecular complexity index is 2960. The van der Waals surface area contributed by atoms with Gasteiger partial charge >= 0.3 is 0 Å². The Morgan fingerprint density at radius 1 is 0.813 bits per heavy atom. The second-order valence-electron chi connectivity index (χ2n) is 21.3. The van der Waals surface area contributed by atoms with Gasteiger partial charge in [0.1, 0.15) is 30.1 Å². The van der Waals surface area contributed by atoms with E-state index in [2.05, 4.69) is 67.6 Å². The van der Waals surface area contributed by atoms with E-state index in [0.29, 0.717) is 59.4 Å². The van der Waals surface area contributed by atoms with Crippen LogP contribution in [-0.4, -0.2) is 147 Å². The van der Waals surface area contributed by atoms with Gasteiger partial charge in [0.15, 0.2) is 5.71 Å². The number of aldehydes is 1. The number of amidine groups is 1. The van der Waals surface area contributed by atoms with Gasteiger partial charge in [0.25, 0.3) is 10.1 Å². The summed E-state index contributed by atoms with van der Waals surface area (Å²) in [7, 11) is 5.84. The summed E-state index contributed by atoms with van der Waals surface area (Å²) in [4.78, 5) is 14.2. The van der Waals surface area contributed by atoms with Crippen LogP contribution in [0.4, 0.5) is 11.4 Å². The van der Waals surface area contributed by atoms with Crippen LogP contribution in [0.2, 0.25) is 5.02 Å². The summed E-state index contributed by atoms with van der Waals surface area (Å²) in [6.07, 6.45) is 23.5. The van der Waals surface area contributed by atoms with Crippen molar-refractivity contribution in [1.29, 1.82) is 10.8 Å². The van der Waals surface area contributed by atoms with E-state index in [1.54, 1.807) is 38.2 Å². The van der Waals surface area contributed by atoms with Crippen molar-refractivity contribution in [1.82, 2.24) is 5.32 Å². The largest absolute Gasteiger partial charge is 0.497 e. The van der Waals surface area contributed by atoms with Crippen LogP contribution in [0.3, 0.4) is 0 Å². The maximum Gasteiger partial charge on any atom is 0.264 e. The van der Waals surface area contributed by atoms with Gasteiger partial charge in [-0.25, -0.2) is 0 Å². The number of halogens is 1. The summed E-state index contributed by atoms with van der Waals surface area (Å²) < 4.78 is 75.3. The van der Waals surface area contributed by atoms with Gasteiger partial charge in [-0.1, -0.05) is 68.1 Å². The van der Waals surface area contributed by atoms with Crippen molar-refractivity contribution >= 4 is 92.8 Å². The first-order valence-corrected chi connectivity index (χ1v) is 34.9. The van der Waals surface area contributed by atoms with Crippen LogP contribution in [0, 0.1) is 10.8 Å². The number of rotatable bonds is 31. The lowest BCUT2D eigenvalue weighted by Crippen LogP contribution is -2.31. The van der Waals surface area contributed by atoms with Crippen molar-refractivity contribution in [2.75, 3.05) is 91.7 Å². The average Bonchev–Trinajstić information content (AvgIpc) is 1.60. The van der Waals surface area contributed by atoms with Gasteiger partial charge < -0.3 is 65.2 Å². The molecule has 0 saturated carbocycles. The summed E-state index contributed by atoms with van der Waals surface area (Å²) in [5.41, 5.74) is 21.6. The number of methoxy groups -OCH3 is 2. The van der Waals surface area contributed by atoms with Crippen molar-refractivity contribution in [2.45, 2.75) is 139 Å². The number of carbonyl (C=O) groups excluding carboxylic acids is 1. The topological polar surface area (TPSA) is 324 Å². The molecule has 91 heavy (non-hydrogen) atoms. The minimum Gasteiger partial charge on any atom is -0.497 e. The summed E-state index contributed by atoms with van der Waals surface area (Å²) in [6, 6.07) is 24.6. The molecule has 1 unspecified atom stereocenters. The minimum absolute atomic E-state index is 0.176. The van der Waals surface area contributed by atoms with E-state index in [9.17, 15) is 26.9 Å². The van der Waals surface area contributed by atoms with Crippen LogP contribution in [0.1, 0.15) is 140 Å². The Balaban J connectivity index is 0.00000139. The molecule has 0 radical (unpaired) electrons. The van der Waals surface area contributed by atoms with Gasteiger partial charge in [0.2, 0.25) is 5.69 Å². The number of benzene rings is 4. The minimum atomic E-state index is -3.75. The van der Waals surface area contributed by atoms with Gasteiger partial charge in [0.05, 0.1) is 40.9 Å². The number of hydrogen-bond acceptors (Lipinski definition) is 19. The van der Waals surface area contributed by atoms with Gasteiger partial charge in [0, 0.05) is 120 Å². The van der Waals surface area contributed by atoms with E-state index < -0.39 is 10.1 Å². The molecule has 19 nitrogen and oxygen atoms in total. The molecule has 0 amide bonds. The van der Waals surface area contributed by atoms with E-state index in [0.717, 1.165) is 165 Å². The number of nitrogens with one attached hydrogen (secondary N) is 3. The van der Waals surface area contributed by atoms with Crippen LogP contribution in [-0.2, 0) is 30.5 Å². The number of carbonyl (C=O) groups is 1. The molecule has 6 rings (SSSR count). The molecule has 0 aliphatic carbocycles. The molecule has 0 fully saturated rings. The van der Waals surface area contributed by atoms with Gasteiger partial charge in [-0.3, -0.25) is 15.4 Å². The maximum atomic E-state index is 10.8. The molecule has 1 atom stereocenters. The number of aliphatic hydroxyl groups is 1. The van der Waals surface area contributed by atoms with Crippen molar-refractivity contribution < 1.29 is 55.3 Å². The molecule has 0 spiro atoms. The summed E-state index contributed by atoms with van der Waals surface area (Å²) in [5, 5.41) is 27.0. The highest BCUT2D eigenvalue weighted by atomic mass is 35.5. The second-order valence-corrected chi connectivity index (χ2v) is 25.3. The molecule has 4 aromatic rings. The molecule has 14 N–H and O–H groups in total. The molecule has 2 heterocycles. The lowest BCUT2D eigenvalue weighted by atomic mass is 9.75. The molecule has 2 aliphatic rings. The van der Waals surface area contributed by atoms with Crippen LogP contribution >= 0.6 is 47.7 Å². The normalized spacial score (nSPS) is 14.5. The molecule has 0 bridgehead atoms. The number of anilines is 1. The fraction of sp³-hybridized carbons (Fsp3) is 0.493. The second kappa shape index (κ2) is 49.6.